The smallest absolute Gasteiger partial charge is 0.0296 e. The number of benzene rings is 2. The molecule has 2 aromatic carbocycles. The second-order valence-electron chi connectivity index (χ2n) is 6.82. The molecule has 1 aliphatic rings. The lowest BCUT2D eigenvalue weighted by molar-refractivity contribution is 0.760. The van der Waals surface area contributed by atoms with Crippen LogP contribution < -0.4 is 0 Å². The standard InChI is InChI=1S/C26H26/c1-4-12-21(5-2)23-17-18-26(3,25-15-10-7-11-16-25)20-24(19-23)22-13-8-6-9-14-22/h5-20H,2,4H2,1,3H3/b21-12+. The third-order valence-electron chi connectivity index (χ3n) is 4.86. The van der Waals surface area contributed by atoms with Crippen LogP contribution in [0.15, 0.2) is 115 Å². The van der Waals surface area contributed by atoms with Crippen LogP contribution in [0.5, 0.6) is 0 Å². The fraction of sp³-hybridized carbons (Fsp3) is 0.154. The molecule has 3 rings (SSSR count). The van der Waals surface area contributed by atoms with Gasteiger partial charge in [-0.2, -0.15) is 0 Å². The van der Waals surface area contributed by atoms with E-state index in [-0.39, 0.29) is 5.41 Å². The maximum atomic E-state index is 4.02. The lowest BCUT2D eigenvalue weighted by atomic mass is 9.80. The predicted octanol–water partition coefficient (Wildman–Crippen LogP) is 7.05. The van der Waals surface area contributed by atoms with E-state index in [1.807, 2.05) is 6.08 Å². The van der Waals surface area contributed by atoms with Gasteiger partial charge in [-0.25, -0.2) is 0 Å². The van der Waals surface area contributed by atoms with Crippen molar-refractivity contribution in [2.24, 2.45) is 0 Å². The van der Waals surface area contributed by atoms with E-state index in [1.54, 1.807) is 0 Å². The van der Waals surface area contributed by atoms with E-state index in [0.717, 1.165) is 6.42 Å². The third kappa shape index (κ3) is 3.86. The van der Waals surface area contributed by atoms with Crippen LogP contribution in [0.1, 0.15) is 31.4 Å². The van der Waals surface area contributed by atoms with E-state index < -0.39 is 0 Å². The molecule has 0 N–H and O–H groups in total. The molecule has 0 fully saturated rings. The predicted molar refractivity (Wildman–Crippen MR) is 114 cm³/mol. The number of rotatable bonds is 5. The molecule has 1 aliphatic carbocycles. The van der Waals surface area contributed by atoms with Crippen LogP contribution in [-0.2, 0) is 5.41 Å². The molecule has 130 valence electrons. The summed E-state index contributed by atoms with van der Waals surface area (Å²) in [6.45, 7) is 8.45. The summed E-state index contributed by atoms with van der Waals surface area (Å²) in [5.41, 5.74) is 5.98. The van der Waals surface area contributed by atoms with Crippen LogP contribution >= 0.6 is 0 Å². The summed E-state index contributed by atoms with van der Waals surface area (Å²) in [6, 6.07) is 21.3. The average Bonchev–Trinajstić information content (AvgIpc) is 2.88. The second-order valence-corrected chi connectivity index (χ2v) is 6.82. The molecule has 0 nitrogen and oxygen atoms in total. The highest BCUT2D eigenvalue weighted by Crippen LogP contribution is 2.36. The van der Waals surface area contributed by atoms with E-state index in [1.165, 1.54) is 27.8 Å². The molecule has 0 spiro atoms. The van der Waals surface area contributed by atoms with Gasteiger partial charge in [-0.3, -0.25) is 0 Å². The Bertz CT molecular complexity index is 876. The fourth-order valence-corrected chi connectivity index (χ4v) is 3.38. The Balaban J connectivity index is 2.18. The average molecular weight is 338 g/mol. The largest absolute Gasteiger partial charge is 0.0985 e. The highest BCUT2D eigenvalue weighted by atomic mass is 14.3. The summed E-state index contributed by atoms with van der Waals surface area (Å²) in [7, 11) is 0. The van der Waals surface area contributed by atoms with Crippen molar-refractivity contribution >= 4 is 5.57 Å². The maximum absolute atomic E-state index is 4.02. The van der Waals surface area contributed by atoms with Crippen LogP contribution in [-0.4, -0.2) is 0 Å². The number of hydrogen-bond donors (Lipinski definition) is 0. The topological polar surface area (TPSA) is 0 Å². The van der Waals surface area contributed by atoms with Gasteiger partial charge in [0.2, 0.25) is 0 Å². The van der Waals surface area contributed by atoms with Crippen LogP contribution in [0.2, 0.25) is 0 Å². The van der Waals surface area contributed by atoms with Gasteiger partial charge in [0.05, 0.1) is 0 Å². The number of allylic oxidation sites excluding steroid dienone is 9. The summed E-state index contributed by atoms with van der Waals surface area (Å²) >= 11 is 0. The van der Waals surface area contributed by atoms with Crippen molar-refractivity contribution in [1.82, 2.24) is 0 Å². The summed E-state index contributed by atoms with van der Waals surface area (Å²) < 4.78 is 0. The molecule has 0 saturated carbocycles. The highest BCUT2D eigenvalue weighted by Gasteiger charge is 2.23. The first kappa shape index (κ1) is 17.9. The molecular formula is C26H26. The molecule has 2 aromatic rings. The minimum atomic E-state index is -0.164. The molecule has 0 heterocycles. The Hall–Kier alpha value is -2.86. The van der Waals surface area contributed by atoms with Crippen LogP contribution in [0, 0.1) is 0 Å². The lowest BCUT2D eigenvalue weighted by Gasteiger charge is -2.23. The van der Waals surface area contributed by atoms with Crippen LogP contribution in [0.3, 0.4) is 0 Å². The van der Waals surface area contributed by atoms with Crippen molar-refractivity contribution < 1.29 is 0 Å². The van der Waals surface area contributed by atoms with Gasteiger partial charge in [0, 0.05) is 5.41 Å². The van der Waals surface area contributed by atoms with Crippen molar-refractivity contribution in [1.29, 1.82) is 0 Å². The minimum Gasteiger partial charge on any atom is -0.0985 e. The molecule has 0 bridgehead atoms. The third-order valence-corrected chi connectivity index (χ3v) is 4.86. The zero-order valence-electron chi connectivity index (χ0n) is 15.7. The van der Waals surface area contributed by atoms with Crippen LogP contribution in [0.25, 0.3) is 5.57 Å². The van der Waals surface area contributed by atoms with Gasteiger partial charge in [0.15, 0.2) is 0 Å². The van der Waals surface area contributed by atoms with Crippen molar-refractivity contribution in [2.45, 2.75) is 25.7 Å². The first-order valence-electron chi connectivity index (χ1n) is 9.24. The zero-order chi connectivity index (χ0) is 18.4. The van der Waals surface area contributed by atoms with E-state index in [0.29, 0.717) is 0 Å². The molecular weight excluding hydrogens is 312 g/mol. The first-order chi connectivity index (χ1) is 12.7. The summed E-state index contributed by atoms with van der Waals surface area (Å²) in [5, 5.41) is 0. The molecule has 0 aromatic heterocycles. The quantitative estimate of drug-likeness (QED) is 0.513. The van der Waals surface area contributed by atoms with Crippen molar-refractivity contribution in [2.75, 3.05) is 0 Å². The van der Waals surface area contributed by atoms with Crippen LogP contribution in [0.4, 0.5) is 0 Å². The number of hydrogen-bond acceptors (Lipinski definition) is 0. The van der Waals surface area contributed by atoms with Gasteiger partial charge in [0.25, 0.3) is 0 Å². The summed E-state index contributed by atoms with van der Waals surface area (Å²) in [6.07, 6.45) is 14.4. The summed E-state index contributed by atoms with van der Waals surface area (Å²) in [5.74, 6) is 0. The molecule has 1 atom stereocenters. The molecule has 26 heavy (non-hydrogen) atoms. The molecule has 0 amide bonds. The van der Waals surface area contributed by atoms with Crippen molar-refractivity contribution in [3.8, 4) is 0 Å². The van der Waals surface area contributed by atoms with Gasteiger partial charge < -0.3 is 0 Å². The van der Waals surface area contributed by atoms with Gasteiger partial charge in [-0.1, -0.05) is 105 Å². The van der Waals surface area contributed by atoms with Gasteiger partial charge in [0.1, 0.15) is 0 Å². The van der Waals surface area contributed by atoms with Crippen molar-refractivity contribution in [3.05, 3.63) is 126 Å². The van der Waals surface area contributed by atoms with Gasteiger partial charge >= 0.3 is 0 Å². The highest BCUT2D eigenvalue weighted by molar-refractivity contribution is 5.79. The Labute approximate surface area is 157 Å². The Morgan fingerprint density at radius 3 is 2.27 bits per heavy atom. The fourth-order valence-electron chi connectivity index (χ4n) is 3.38. The Kier molecular flexibility index (Phi) is 5.53. The van der Waals surface area contributed by atoms with Crippen molar-refractivity contribution in [3.63, 3.8) is 0 Å². The molecule has 1 unspecified atom stereocenters. The van der Waals surface area contributed by atoms with E-state index in [4.69, 9.17) is 0 Å². The summed E-state index contributed by atoms with van der Waals surface area (Å²) in [4.78, 5) is 0. The van der Waals surface area contributed by atoms with Gasteiger partial charge in [-0.15, -0.1) is 0 Å². The van der Waals surface area contributed by atoms with E-state index in [9.17, 15) is 0 Å². The lowest BCUT2D eigenvalue weighted by Crippen LogP contribution is -2.15. The molecule has 0 radical (unpaired) electrons. The normalized spacial score (nSPS) is 20.2. The maximum Gasteiger partial charge on any atom is 0.0296 e. The van der Waals surface area contributed by atoms with Gasteiger partial charge in [-0.05, 0) is 47.3 Å². The molecule has 0 heteroatoms. The molecule has 0 aliphatic heterocycles. The Morgan fingerprint density at radius 2 is 1.65 bits per heavy atom. The minimum absolute atomic E-state index is 0.164. The monoisotopic (exact) mass is 338 g/mol. The first-order valence-corrected chi connectivity index (χ1v) is 9.24. The second kappa shape index (κ2) is 8.01. The zero-order valence-corrected chi connectivity index (χ0v) is 15.7. The Morgan fingerprint density at radius 1 is 1.00 bits per heavy atom. The van der Waals surface area contributed by atoms with E-state index >= 15 is 0 Å². The SMILES string of the molecule is C=C/C(=C\CC)C1=CC(c2ccccc2)=CC(C)(c2ccccc2)C=C1. The van der Waals surface area contributed by atoms with E-state index in [2.05, 4.69) is 111 Å². The molecule has 0 saturated heterocycles.